The fraction of sp³-hybridized carbons (Fsp3) is 0.179. The topological polar surface area (TPSA) is 59.7 Å². The Labute approximate surface area is 197 Å². The molecule has 0 bridgehead atoms. The number of benzene rings is 3. The number of ether oxygens (including phenoxy) is 1. The third kappa shape index (κ3) is 3.48. The van der Waals surface area contributed by atoms with Crippen molar-refractivity contribution in [3.63, 3.8) is 0 Å². The molecule has 34 heavy (non-hydrogen) atoms. The number of carbonyl (C=O) groups is 1. The van der Waals surface area contributed by atoms with Crippen molar-refractivity contribution in [1.29, 1.82) is 0 Å². The number of fused-ring (bicyclic) bond motifs is 1. The summed E-state index contributed by atoms with van der Waals surface area (Å²) in [6.07, 6.45) is 4.11. The molecule has 6 rings (SSSR count). The quantitative estimate of drug-likeness (QED) is 0.315. The van der Waals surface area contributed by atoms with Crippen LogP contribution < -0.4 is 4.90 Å². The van der Waals surface area contributed by atoms with Gasteiger partial charge in [-0.1, -0.05) is 54.6 Å². The minimum absolute atomic E-state index is 0.291. The molecular formula is C28H24N4O2. The van der Waals surface area contributed by atoms with Crippen LogP contribution in [0, 0.1) is 6.92 Å². The molecule has 3 aromatic carbocycles. The number of para-hydroxylation sites is 1. The summed E-state index contributed by atoms with van der Waals surface area (Å²) in [5.41, 5.74) is 3.84. The lowest BCUT2D eigenvalue weighted by molar-refractivity contribution is -0.129. The van der Waals surface area contributed by atoms with Gasteiger partial charge in [-0.15, -0.1) is 0 Å². The molecule has 0 aliphatic carbocycles. The van der Waals surface area contributed by atoms with Crippen LogP contribution in [0.1, 0.15) is 29.7 Å². The number of nitrogens with zero attached hydrogens (tertiary/aromatic N) is 4. The van der Waals surface area contributed by atoms with Gasteiger partial charge in [0.1, 0.15) is 5.82 Å². The average molecular weight is 449 g/mol. The van der Waals surface area contributed by atoms with Gasteiger partial charge < -0.3 is 9.64 Å². The SMILES string of the molecule is Cc1nn(-c2ccccc2)c(N2CCCC2)c1C=C1N=C(c2cccc3ccccc23)OC1=O. The maximum absolute atomic E-state index is 12.9. The predicted molar refractivity (Wildman–Crippen MR) is 134 cm³/mol. The lowest BCUT2D eigenvalue weighted by Crippen LogP contribution is -2.22. The summed E-state index contributed by atoms with van der Waals surface area (Å²) in [5, 5.41) is 6.92. The van der Waals surface area contributed by atoms with E-state index in [1.807, 2.05) is 90.5 Å². The summed E-state index contributed by atoms with van der Waals surface area (Å²) in [6.45, 7) is 3.90. The first-order chi connectivity index (χ1) is 16.7. The maximum atomic E-state index is 12.9. The van der Waals surface area contributed by atoms with Crippen LogP contribution in [0.3, 0.4) is 0 Å². The molecule has 0 radical (unpaired) electrons. The number of aliphatic imine (C=N–C) groups is 1. The maximum Gasteiger partial charge on any atom is 0.363 e. The number of hydrogen-bond acceptors (Lipinski definition) is 5. The number of hydrogen-bond donors (Lipinski definition) is 0. The highest BCUT2D eigenvalue weighted by molar-refractivity contribution is 6.17. The van der Waals surface area contributed by atoms with E-state index in [0.29, 0.717) is 11.6 Å². The number of cyclic esters (lactones) is 1. The van der Waals surface area contributed by atoms with Gasteiger partial charge in [0.25, 0.3) is 0 Å². The van der Waals surface area contributed by atoms with Crippen molar-refractivity contribution in [3.8, 4) is 5.69 Å². The smallest absolute Gasteiger partial charge is 0.363 e. The van der Waals surface area contributed by atoms with Crippen molar-refractivity contribution in [2.45, 2.75) is 19.8 Å². The Balaban J connectivity index is 1.47. The van der Waals surface area contributed by atoms with E-state index in [4.69, 9.17) is 9.84 Å². The van der Waals surface area contributed by atoms with E-state index in [2.05, 4.69) is 9.89 Å². The van der Waals surface area contributed by atoms with E-state index < -0.39 is 5.97 Å². The van der Waals surface area contributed by atoms with Crippen LogP contribution in [0.4, 0.5) is 5.82 Å². The van der Waals surface area contributed by atoms with Crippen molar-refractivity contribution in [2.75, 3.05) is 18.0 Å². The van der Waals surface area contributed by atoms with Gasteiger partial charge in [0, 0.05) is 24.2 Å². The van der Waals surface area contributed by atoms with Crippen molar-refractivity contribution < 1.29 is 9.53 Å². The van der Waals surface area contributed by atoms with E-state index >= 15 is 0 Å². The van der Waals surface area contributed by atoms with Crippen LogP contribution in [0.25, 0.3) is 22.5 Å². The Morgan fingerprint density at radius 2 is 1.65 bits per heavy atom. The molecule has 0 N–H and O–H groups in total. The molecule has 0 spiro atoms. The molecule has 1 aromatic heterocycles. The average Bonchev–Trinajstić information content (AvgIpc) is 3.60. The van der Waals surface area contributed by atoms with Crippen LogP contribution in [0.2, 0.25) is 0 Å². The highest BCUT2D eigenvalue weighted by atomic mass is 16.6. The summed E-state index contributed by atoms with van der Waals surface area (Å²) in [6, 6.07) is 24.1. The molecule has 0 unspecified atom stereocenters. The van der Waals surface area contributed by atoms with E-state index in [0.717, 1.165) is 65.0 Å². The van der Waals surface area contributed by atoms with Crippen LogP contribution >= 0.6 is 0 Å². The van der Waals surface area contributed by atoms with Gasteiger partial charge in [-0.25, -0.2) is 14.5 Å². The molecule has 0 saturated carbocycles. The first kappa shape index (κ1) is 20.4. The molecule has 168 valence electrons. The first-order valence-corrected chi connectivity index (χ1v) is 11.6. The van der Waals surface area contributed by atoms with Crippen LogP contribution in [0.15, 0.2) is 83.5 Å². The van der Waals surface area contributed by atoms with Crippen molar-refractivity contribution in [2.24, 2.45) is 4.99 Å². The van der Waals surface area contributed by atoms with Crippen LogP contribution in [-0.2, 0) is 9.53 Å². The Morgan fingerprint density at radius 3 is 2.47 bits per heavy atom. The summed E-state index contributed by atoms with van der Waals surface area (Å²) < 4.78 is 7.61. The largest absolute Gasteiger partial charge is 0.402 e. The number of carbonyl (C=O) groups excluding carboxylic acids is 1. The summed E-state index contributed by atoms with van der Waals surface area (Å²) >= 11 is 0. The van der Waals surface area contributed by atoms with Gasteiger partial charge in [0.15, 0.2) is 5.70 Å². The summed E-state index contributed by atoms with van der Waals surface area (Å²) in [4.78, 5) is 19.8. The minimum Gasteiger partial charge on any atom is -0.402 e. The second-order valence-corrected chi connectivity index (χ2v) is 8.63. The molecule has 0 atom stereocenters. The Hall–Kier alpha value is -4.19. The summed E-state index contributed by atoms with van der Waals surface area (Å²) in [5.74, 6) is 0.890. The zero-order valence-electron chi connectivity index (χ0n) is 18.9. The lowest BCUT2D eigenvalue weighted by atomic mass is 10.0. The van der Waals surface area contributed by atoms with E-state index in [9.17, 15) is 4.79 Å². The van der Waals surface area contributed by atoms with Gasteiger partial charge in [-0.3, -0.25) is 0 Å². The zero-order valence-corrected chi connectivity index (χ0v) is 18.9. The fourth-order valence-electron chi connectivity index (χ4n) is 4.75. The Morgan fingerprint density at radius 1 is 0.912 bits per heavy atom. The van der Waals surface area contributed by atoms with Crippen molar-refractivity contribution in [1.82, 2.24) is 9.78 Å². The van der Waals surface area contributed by atoms with E-state index in [1.165, 1.54) is 0 Å². The summed E-state index contributed by atoms with van der Waals surface area (Å²) in [7, 11) is 0. The van der Waals surface area contributed by atoms with Gasteiger partial charge in [-0.2, -0.15) is 5.10 Å². The third-order valence-electron chi connectivity index (χ3n) is 6.41. The minimum atomic E-state index is -0.442. The van der Waals surface area contributed by atoms with Crippen molar-refractivity contribution in [3.05, 3.63) is 95.3 Å². The molecule has 6 heteroatoms. The second kappa shape index (κ2) is 8.30. The van der Waals surface area contributed by atoms with Crippen LogP contribution in [-0.4, -0.2) is 34.7 Å². The molecule has 4 aromatic rings. The first-order valence-electron chi connectivity index (χ1n) is 11.6. The van der Waals surface area contributed by atoms with Gasteiger partial charge in [0.05, 0.1) is 11.4 Å². The fourth-order valence-corrected chi connectivity index (χ4v) is 4.75. The third-order valence-corrected chi connectivity index (χ3v) is 6.41. The number of anilines is 1. The number of rotatable bonds is 4. The second-order valence-electron chi connectivity index (χ2n) is 8.63. The molecule has 2 aliphatic heterocycles. The Kier molecular flexibility index (Phi) is 4.99. The van der Waals surface area contributed by atoms with Gasteiger partial charge in [0.2, 0.25) is 5.90 Å². The Bertz CT molecular complexity index is 1460. The predicted octanol–water partition coefficient (Wildman–Crippen LogP) is 5.28. The molecule has 1 saturated heterocycles. The number of aryl methyl sites for hydroxylation is 1. The standard InChI is InChI=1S/C28H24N4O2/c1-19-24(27(31-16-7-8-17-31)32(30-19)21-12-3-2-4-13-21)18-25-28(33)34-26(29-25)23-15-9-11-20-10-5-6-14-22(20)23/h2-6,9-15,18H,7-8,16-17H2,1H3. The lowest BCUT2D eigenvalue weighted by Gasteiger charge is -2.20. The van der Waals surface area contributed by atoms with E-state index in [-0.39, 0.29) is 0 Å². The molecule has 2 aliphatic rings. The number of aromatic nitrogens is 2. The van der Waals surface area contributed by atoms with E-state index in [1.54, 1.807) is 0 Å². The molecular weight excluding hydrogens is 424 g/mol. The molecule has 1 fully saturated rings. The monoisotopic (exact) mass is 448 g/mol. The highest BCUT2D eigenvalue weighted by Gasteiger charge is 2.28. The normalized spacial score (nSPS) is 17.0. The van der Waals surface area contributed by atoms with Gasteiger partial charge in [-0.05, 0) is 54.8 Å². The number of esters is 1. The molecule has 3 heterocycles. The zero-order chi connectivity index (χ0) is 23.1. The molecule has 0 amide bonds. The van der Waals surface area contributed by atoms with Crippen molar-refractivity contribution >= 4 is 34.5 Å². The van der Waals surface area contributed by atoms with Gasteiger partial charge >= 0.3 is 5.97 Å². The molecule has 6 nitrogen and oxygen atoms in total. The highest BCUT2D eigenvalue weighted by Crippen LogP contribution is 2.33. The van der Waals surface area contributed by atoms with Crippen LogP contribution in [0.5, 0.6) is 0 Å².